The van der Waals surface area contributed by atoms with E-state index in [1.165, 1.54) is 0 Å². The fraction of sp³-hybridized carbons (Fsp3) is 0.286. The minimum Gasteiger partial charge on any atom is -0.364 e. The van der Waals surface area contributed by atoms with Crippen LogP contribution in [0.15, 0.2) is 36.7 Å². The lowest BCUT2D eigenvalue weighted by Gasteiger charge is -2.07. The van der Waals surface area contributed by atoms with Gasteiger partial charge in [-0.1, -0.05) is 6.07 Å². The number of urea groups is 1. The summed E-state index contributed by atoms with van der Waals surface area (Å²) in [5, 5.41) is 16.6. The van der Waals surface area contributed by atoms with Gasteiger partial charge in [-0.2, -0.15) is 0 Å². The summed E-state index contributed by atoms with van der Waals surface area (Å²) in [4.78, 5) is 15.6. The van der Waals surface area contributed by atoms with Crippen LogP contribution >= 0.6 is 0 Å². The molecule has 1 aliphatic rings. The van der Waals surface area contributed by atoms with Gasteiger partial charge in [0.15, 0.2) is 5.82 Å². The number of nitrogens with one attached hydrogen (secondary N) is 3. The first-order valence-corrected chi connectivity index (χ1v) is 6.83. The molecule has 0 aromatic carbocycles. The monoisotopic (exact) mass is 284 g/mol. The molecule has 2 aromatic rings. The van der Waals surface area contributed by atoms with Crippen LogP contribution in [0.4, 0.5) is 16.4 Å². The summed E-state index contributed by atoms with van der Waals surface area (Å²) in [5.74, 6) is 1.08. The highest BCUT2D eigenvalue weighted by atomic mass is 16.2. The van der Waals surface area contributed by atoms with Crippen LogP contribution in [0.3, 0.4) is 0 Å². The highest BCUT2D eigenvalue weighted by Gasteiger charge is 2.23. The van der Waals surface area contributed by atoms with Crippen molar-refractivity contribution in [3.8, 4) is 0 Å². The molecule has 7 nitrogen and oxygen atoms in total. The molecule has 0 saturated heterocycles. The maximum Gasteiger partial charge on any atom is 0.320 e. The molecule has 0 aliphatic heterocycles. The minimum absolute atomic E-state index is 0.233. The third kappa shape index (κ3) is 4.13. The topological polar surface area (TPSA) is 91.8 Å². The van der Waals surface area contributed by atoms with Gasteiger partial charge in [0.25, 0.3) is 0 Å². The van der Waals surface area contributed by atoms with E-state index in [4.69, 9.17) is 0 Å². The second-order valence-electron chi connectivity index (χ2n) is 4.89. The lowest BCUT2D eigenvalue weighted by Crippen LogP contribution is -2.30. The Balaban J connectivity index is 1.50. The first-order valence-electron chi connectivity index (χ1n) is 6.83. The molecule has 3 N–H and O–H groups in total. The summed E-state index contributed by atoms with van der Waals surface area (Å²) < 4.78 is 0. The van der Waals surface area contributed by atoms with Crippen molar-refractivity contribution in [2.45, 2.75) is 25.4 Å². The Morgan fingerprint density at radius 1 is 1.19 bits per heavy atom. The average Bonchev–Trinajstić information content (AvgIpc) is 3.31. The van der Waals surface area contributed by atoms with Crippen LogP contribution in [0, 0.1) is 0 Å². The van der Waals surface area contributed by atoms with Crippen LogP contribution in [0.5, 0.6) is 0 Å². The standard InChI is InChI=1S/C14H16N6O/c21-14(17-11-3-4-11)18-13-6-5-12(19-20-13)16-9-10-2-1-7-15-8-10/h1-2,5-8,11H,3-4,9H2,(H,16,19)(H2,17,18,20,21). The number of hydrogen-bond acceptors (Lipinski definition) is 5. The molecular formula is C14H16N6O. The Kier molecular flexibility index (Phi) is 3.90. The molecule has 108 valence electrons. The van der Waals surface area contributed by atoms with Gasteiger partial charge in [0.1, 0.15) is 5.82 Å². The largest absolute Gasteiger partial charge is 0.364 e. The van der Waals surface area contributed by atoms with E-state index in [9.17, 15) is 4.79 Å². The Bertz CT molecular complexity index is 597. The zero-order valence-corrected chi connectivity index (χ0v) is 11.4. The van der Waals surface area contributed by atoms with Crippen LogP contribution in [0.1, 0.15) is 18.4 Å². The van der Waals surface area contributed by atoms with Crippen LogP contribution in [-0.2, 0) is 6.54 Å². The Labute approximate surface area is 122 Å². The molecule has 0 spiro atoms. The number of aromatic nitrogens is 3. The SMILES string of the molecule is O=C(Nc1ccc(NCc2cccnc2)nn1)NC1CC1. The van der Waals surface area contributed by atoms with E-state index in [1.807, 2.05) is 12.1 Å². The molecule has 2 aromatic heterocycles. The summed E-state index contributed by atoms with van der Waals surface area (Å²) in [6.07, 6.45) is 5.63. The maximum atomic E-state index is 11.5. The summed E-state index contributed by atoms with van der Waals surface area (Å²) in [7, 11) is 0. The van der Waals surface area contributed by atoms with Gasteiger partial charge in [-0.05, 0) is 36.6 Å². The van der Waals surface area contributed by atoms with Crippen molar-refractivity contribution in [3.63, 3.8) is 0 Å². The van der Waals surface area contributed by atoms with Crippen molar-refractivity contribution in [2.24, 2.45) is 0 Å². The summed E-state index contributed by atoms with van der Waals surface area (Å²) in [6.45, 7) is 0.622. The predicted octanol–water partition coefficient (Wildman–Crippen LogP) is 1.77. The fourth-order valence-corrected chi connectivity index (χ4v) is 1.75. The van der Waals surface area contributed by atoms with E-state index in [2.05, 4.69) is 31.1 Å². The number of pyridine rings is 1. The van der Waals surface area contributed by atoms with E-state index < -0.39 is 0 Å². The molecule has 3 rings (SSSR count). The molecule has 1 aliphatic carbocycles. The highest BCUT2D eigenvalue weighted by Crippen LogP contribution is 2.18. The number of carbonyl (C=O) groups excluding carboxylic acids is 1. The number of amides is 2. The Morgan fingerprint density at radius 2 is 2.00 bits per heavy atom. The fourth-order valence-electron chi connectivity index (χ4n) is 1.75. The molecule has 0 atom stereocenters. The second-order valence-corrected chi connectivity index (χ2v) is 4.89. The third-order valence-corrected chi connectivity index (χ3v) is 3.02. The lowest BCUT2D eigenvalue weighted by atomic mass is 10.3. The van der Waals surface area contributed by atoms with E-state index >= 15 is 0 Å². The van der Waals surface area contributed by atoms with Crippen molar-refractivity contribution in [2.75, 3.05) is 10.6 Å². The molecule has 0 radical (unpaired) electrons. The zero-order chi connectivity index (χ0) is 14.5. The van der Waals surface area contributed by atoms with Gasteiger partial charge in [-0.3, -0.25) is 10.3 Å². The number of anilines is 2. The number of hydrogen-bond donors (Lipinski definition) is 3. The smallest absolute Gasteiger partial charge is 0.320 e. The van der Waals surface area contributed by atoms with Gasteiger partial charge in [-0.25, -0.2) is 4.79 Å². The van der Waals surface area contributed by atoms with Crippen molar-refractivity contribution in [1.82, 2.24) is 20.5 Å². The predicted molar refractivity (Wildman–Crippen MR) is 78.8 cm³/mol. The molecule has 2 amide bonds. The van der Waals surface area contributed by atoms with Gasteiger partial charge < -0.3 is 10.6 Å². The molecule has 0 bridgehead atoms. The van der Waals surface area contributed by atoms with E-state index in [0.29, 0.717) is 24.2 Å². The average molecular weight is 284 g/mol. The van der Waals surface area contributed by atoms with Crippen molar-refractivity contribution in [1.29, 1.82) is 0 Å². The van der Waals surface area contributed by atoms with Gasteiger partial charge in [0.2, 0.25) is 0 Å². The molecule has 1 fully saturated rings. The molecule has 0 unspecified atom stereocenters. The summed E-state index contributed by atoms with van der Waals surface area (Å²) >= 11 is 0. The number of rotatable bonds is 5. The van der Waals surface area contributed by atoms with Gasteiger partial charge in [0.05, 0.1) is 0 Å². The zero-order valence-electron chi connectivity index (χ0n) is 11.4. The summed E-state index contributed by atoms with van der Waals surface area (Å²) in [6, 6.07) is 7.43. The first-order chi connectivity index (χ1) is 10.3. The first kappa shape index (κ1) is 13.3. The van der Waals surface area contributed by atoms with Crippen molar-refractivity contribution in [3.05, 3.63) is 42.2 Å². The Hall–Kier alpha value is -2.70. The van der Waals surface area contributed by atoms with Crippen LogP contribution in [-0.4, -0.2) is 27.3 Å². The molecule has 2 heterocycles. The highest BCUT2D eigenvalue weighted by molar-refractivity contribution is 5.88. The van der Waals surface area contributed by atoms with Crippen LogP contribution in [0.2, 0.25) is 0 Å². The molecule has 21 heavy (non-hydrogen) atoms. The van der Waals surface area contributed by atoms with Gasteiger partial charge in [-0.15, -0.1) is 10.2 Å². The van der Waals surface area contributed by atoms with E-state index in [1.54, 1.807) is 24.5 Å². The normalized spacial score (nSPS) is 13.5. The van der Waals surface area contributed by atoms with Crippen LogP contribution < -0.4 is 16.0 Å². The Morgan fingerprint density at radius 3 is 2.67 bits per heavy atom. The minimum atomic E-state index is -0.233. The molecule has 1 saturated carbocycles. The van der Waals surface area contributed by atoms with Crippen molar-refractivity contribution >= 4 is 17.7 Å². The molecular weight excluding hydrogens is 268 g/mol. The van der Waals surface area contributed by atoms with Gasteiger partial charge in [0, 0.05) is 25.0 Å². The third-order valence-electron chi connectivity index (χ3n) is 3.02. The van der Waals surface area contributed by atoms with E-state index in [0.717, 1.165) is 18.4 Å². The van der Waals surface area contributed by atoms with Crippen molar-refractivity contribution < 1.29 is 4.79 Å². The van der Waals surface area contributed by atoms with E-state index in [-0.39, 0.29) is 6.03 Å². The van der Waals surface area contributed by atoms with Crippen LogP contribution in [0.25, 0.3) is 0 Å². The van der Waals surface area contributed by atoms with Gasteiger partial charge >= 0.3 is 6.03 Å². The maximum absolute atomic E-state index is 11.5. The number of carbonyl (C=O) groups is 1. The molecule has 7 heteroatoms. The number of nitrogens with zero attached hydrogens (tertiary/aromatic N) is 3. The quantitative estimate of drug-likeness (QED) is 0.778. The second kappa shape index (κ2) is 6.17. The summed E-state index contributed by atoms with van der Waals surface area (Å²) in [5.41, 5.74) is 1.06. The lowest BCUT2D eigenvalue weighted by molar-refractivity contribution is 0.251.